The number of nitrogens with zero attached hydrogens (tertiary/aromatic N) is 1. The third kappa shape index (κ3) is 19.8. The molecule has 0 bridgehead atoms. The maximum Gasteiger partial charge on any atom is 0.257 e. The summed E-state index contributed by atoms with van der Waals surface area (Å²) in [5.41, 5.74) is 0. The van der Waals surface area contributed by atoms with E-state index in [2.05, 4.69) is 49.6 Å². The van der Waals surface area contributed by atoms with Crippen molar-refractivity contribution in [1.82, 2.24) is 4.98 Å². The molecule has 230 valence electrons. The molecule has 0 aliphatic carbocycles. The van der Waals surface area contributed by atoms with Gasteiger partial charge < -0.3 is 0 Å². The van der Waals surface area contributed by atoms with Crippen molar-refractivity contribution >= 4 is 0 Å². The molecule has 1 unspecified atom stereocenters. The van der Waals surface area contributed by atoms with Gasteiger partial charge in [0.15, 0.2) is 0 Å². The highest BCUT2D eigenvalue weighted by Crippen LogP contribution is 2.27. The highest BCUT2D eigenvalue weighted by atomic mass is 15.1. The van der Waals surface area contributed by atoms with E-state index < -0.39 is 0 Å². The molecule has 39 heavy (non-hydrogen) atoms. The van der Waals surface area contributed by atoms with Crippen molar-refractivity contribution in [3.63, 3.8) is 0 Å². The van der Waals surface area contributed by atoms with E-state index >= 15 is 0 Å². The first-order chi connectivity index (χ1) is 19.2. The van der Waals surface area contributed by atoms with E-state index in [0.717, 1.165) is 0 Å². The smallest absolute Gasteiger partial charge is 0.247 e. The first-order valence-electron chi connectivity index (χ1n) is 18.3. The first kappa shape index (κ1) is 36.2. The summed E-state index contributed by atoms with van der Waals surface area (Å²) in [6, 6.07) is 0.621. The van der Waals surface area contributed by atoms with Gasteiger partial charge >= 0.3 is 0 Å². The molecular weight excluding hydrogens is 472 g/mol. The molecule has 0 amide bonds. The summed E-state index contributed by atoms with van der Waals surface area (Å²) >= 11 is 0. The predicted octanol–water partition coefficient (Wildman–Crippen LogP) is 12.9. The Labute approximate surface area is 246 Å². The van der Waals surface area contributed by atoms with E-state index in [4.69, 9.17) is 0 Å². The molecule has 1 atom stereocenters. The lowest BCUT2D eigenvalue weighted by molar-refractivity contribution is -0.727. The summed E-state index contributed by atoms with van der Waals surface area (Å²) in [4.78, 5) is 3.72. The number of hydrogen-bond donors (Lipinski definition) is 1. The fourth-order valence-electron chi connectivity index (χ4n) is 6.43. The molecule has 0 fully saturated rings. The van der Waals surface area contributed by atoms with Crippen LogP contribution < -0.4 is 4.57 Å². The van der Waals surface area contributed by atoms with E-state index in [1.54, 1.807) is 0 Å². The lowest BCUT2D eigenvalue weighted by Gasteiger charge is -2.17. The van der Waals surface area contributed by atoms with Crippen LogP contribution in [0.3, 0.4) is 0 Å². The topological polar surface area (TPSA) is 19.7 Å². The second-order valence-electron chi connectivity index (χ2n) is 12.9. The van der Waals surface area contributed by atoms with Crippen LogP contribution in [0.2, 0.25) is 0 Å². The summed E-state index contributed by atoms with van der Waals surface area (Å²) in [5.74, 6) is 2.24. The number of nitrogens with one attached hydrogen (secondary N) is 1. The fraction of sp³-hybridized carbons (Fsp3) is 0.919. The van der Waals surface area contributed by atoms with Gasteiger partial charge in [0.05, 0.1) is 12.0 Å². The number of aromatic amines is 1. The standard InChI is InChI=1S/C37H72N2/c1-5-8-11-14-17-18-19-20-21-22-23-24-27-30-35(4)39-34-33-38-37(39)36(31-28-25-15-12-9-6-2)32-29-26-16-13-10-7-3/h33-36H,5-32H2,1-4H3/p+1. The molecule has 0 radical (unpaired) electrons. The van der Waals surface area contributed by atoms with Crippen molar-refractivity contribution < 1.29 is 4.57 Å². The van der Waals surface area contributed by atoms with Crippen LogP contribution in [-0.2, 0) is 0 Å². The van der Waals surface area contributed by atoms with E-state index in [0.29, 0.717) is 12.0 Å². The van der Waals surface area contributed by atoms with Gasteiger partial charge in [0, 0.05) is 0 Å². The van der Waals surface area contributed by atoms with Gasteiger partial charge in [-0.3, -0.25) is 0 Å². The van der Waals surface area contributed by atoms with Crippen molar-refractivity contribution in [1.29, 1.82) is 0 Å². The largest absolute Gasteiger partial charge is 0.257 e. The van der Waals surface area contributed by atoms with Gasteiger partial charge in [-0.15, -0.1) is 0 Å². The minimum Gasteiger partial charge on any atom is -0.247 e. The average Bonchev–Trinajstić information content (AvgIpc) is 3.44. The zero-order valence-electron chi connectivity index (χ0n) is 27.6. The maximum absolute atomic E-state index is 3.72. The van der Waals surface area contributed by atoms with E-state index in [1.807, 2.05) is 0 Å². The minimum absolute atomic E-state index is 0.621. The van der Waals surface area contributed by atoms with Crippen LogP contribution in [0.25, 0.3) is 0 Å². The number of hydrogen-bond acceptors (Lipinski definition) is 0. The van der Waals surface area contributed by atoms with Crippen molar-refractivity contribution in [3.05, 3.63) is 18.2 Å². The van der Waals surface area contributed by atoms with Gasteiger partial charge in [-0.1, -0.05) is 175 Å². The zero-order chi connectivity index (χ0) is 28.2. The van der Waals surface area contributed by atoms with Crippen molar-refractivity contribution in [2.75, 3.05) is 0 Å². The Morgan fingerprint density at radius 1 is 0.487 bits per heavy atom. The molecule has 1 aromatic heterocycles. The Hall–Kier alpha value is -0.790. The number of H-pyrrole nitrogens is 1. The maximum atomic E-state index is 3.72. The fourth-order valence-corrected chi connectivity index (χ4v) is 6.43. The average molecular weight is 546 g/mol. The molecule has 2 heteroatoms. The Morgan fingerprint density at radius 2 is 0.821 bits per heavy atom. The van der Waals surface area contributed by atoms with Gasteiger partial charge in [0.2, 0.25) is 0 Å². The molecule has 0 spiro atoms. The summed E-state index contributed by atoms with van der Waals surface area (Å²) in [7, 11) is 0. The lowest BCUT2D eigenvalue weighted by atomic mass is 9.93. The summed E-state index contributed by atoms with van der Waals surface area (Å²) < 4.78 is 2.62. The molecule has 0 saturated heterocycles. The molecule has 2 nitrogen and oxygen atoms in total. The Morgan fingerprint density at radius 3 is 1.21 bits per heavy atom. The van der Waals surface area contributed by atoms with Gasteiger partial charge in [-0.25, -0.2) is 9.55 Å². The molecule has 1 heterocycles. The van der Waals surface area contributed by atoms with Crippen LogP contribution in [-0.4, -0.2) is 4.98 Å². The van der Waals surface area contributed by atoms with Crippen LogP contribution in [0.1, 0.15) is 225 Å². The van der Waals surface area contributed by atoms with Crippen LogP contribution in [0.5, 0.6) is 0 Å². The molecule has 1 aromatic rings. The Balaban J connectivity index is 2.34. The summed E-state index contributed by atoms with van der Waals surface area (Å²) in [5, 5.41) is 0. The predicted molar refractivity (Wildman–Crippen MR) is 175 cm³/mol. The lowest BCUT2D eigenvalue weighted by Crippen LogP contribution is -2.41. The van der Waals surface area contributed by atoms with E-state index in [9.17, 15) is 0 Å². The Bertz CT molecular complexity index is 590. The number of imidazole rings is 1. The molecule has 0 aliphatic rings. The normalized spacial score (nSPS) is 12.5. The SMILES string of the molecule is CCCCCCCCCCCCCCCC(C)[n+]1cc[nH]c1C(CCCCCCCC)CCCCCCCC. The van der Waals surface area contributed by atoms with Crippen LogP contribution in [0, 0.1) is 0 Å². The number of aromatic nitrogens is 2. The highest BCUT2D eigenvalue weighted by molar-refractivity contribution is 4.90. The first-order valence-corrected chi connectivity index (χ1v) is 18.3. The Kier molecular flexibility index (Phi) is 25.4. The molecule has 1 N–H and O–H groups in total. The molecule has 1 rings (SSSR count). The van der Waals surface area contributed by atoms with Crippen LogP contribution in [0.15, 0.2) is 12.4 Å². The number of rotatable bonds is 30. The third-order valence-corrected chi connectivity index (χ3v) is 9.14. The van der Waals surface area contributed by atoms with Gasteiger partial charge in [-0.05, 0) is 32.6 Å². The van der Waals surface area contributed by atoms with Crippen molar-refractivity contribution in [2.45, 2.75) is 219 Å². The molecule has 0 aliphatic heterocycles. The zero-order valence-corrected chi connectivity index (χ0v) is 27.6. The van der Waals surface area contributed by atoms with E-state index in [-0.39, 0.29) is 0 Å². The monoisotopic (exact) mass is 546 g/mol. The van der Waals surface area contributed by atoms with Crippen LogP contribution in [0.4, 0.5) is 0 Å². The van der Waals surface area contributed by atoms with Gasteiger partial charge in [0.25, 0.3) is 5.82 Å². The van der Waals surface area contributed by atoms with E-state index in [1.165, 1.54) is 186 Å². The second-order valence-corrected chi connectivity index (χ2v) is 12.9. The number of unbranched alkanes of at least 4 members (excludes halogenated alkanes) is 22. The quantitative estimate of drug-likeness (QED) is 0.0732. The van der Waals surface area contributed by atoms with Gasteiger partial charge in [0.1, 0.15) is 12.4 Å². The van der Waals surface area contributed by atoms with Crippen LogP contribution >= 0.6 is 0 Å². The minimum atomic E-state index is 0.621. The highest BCUT2D eigenvalue weighted by Gasteiger charge is 2.25. The van der Waals surface area contributed by atoms with Gasteiger partial charge in [-0.2, -0.15) is 0 Å². The second kappa shape index (κ2) is 27.4. The molecule has 0 aromatic carbocycles. The molecular formula is C37H73N2+. The van der Waals surface area contributed by atoms with Crippen molar-refractivity contribution in [3.8, 4) is 0 Å². The summed E-state index contributed by atoms with van der Waals surface area (Å²) in [6.45, 7) is 9.41. The summed E-state index contributed by atoms with van der Waals surface area (Å²) in [6.07, 6.45) is 44.2. The van der Waals surface area contributed by atoms with Crippen molar-refractivity contribution in [2.24, 2.45) is 0 Å². The third-order valence-electron chi connectivity index (χ3n) is 9.14. The molecule has 0 saturated carbocycles.